The van der Waals surface area contributed by atoms with Crippen molar-refractivity contribution in [3.63, 3.8) is 0 Å². The van der Waals surface area contributed by atoms with E-state index in [1.165, 1.54) is 5.56 Å². The van der Waals surface area contributed by atoms with E-state index in [0.717, 1.165) is 55.3 Å². The molecule has 0 radical (unpaired) electrons. The molecule has 0 spiro atoms. The van der Waals surface area contributed by atoms with E-state index in [9.17, 15) is 0 Å². The third kappa shape index (κ3) is 6.09. The molecule has 0 N–H and O–H groups in total. The van der Waals surface area contributed by atoms with Crippen LogP contribution in [0.1, 0.15) is 16.7 Å². The van der Waals surface area contributed by atoms with Crippen LogP contribution in [0.5, 0.6) is 11.5 Å². The molecule has 0 bridgehead atoms. The maximum absolute atomic E-state index is 6.01. The molecule has 0 saturated carbocycles. The minimum Gasteiger partial charge on any atom is -0.493 e. The number of rotatable bonds is 8. The average molecular weight is 416 g/mol. The molecule has 1 heterocycles. The van der Waals surface area contributed by atoms with Crippen LogP contribution < -0.4 is 9.47 Å². The molecule has 1 aliphatic rings. The van der Waals surface area contributed by atoms with Crippen LogP contribution in [0.4, 0.5) is 0 Å². The van der Waals surface area contributed by atoms with E-state index < -0.39 is 0 Å². The summed E-state index contributed by atoms with van der Waals surface area (Å²) in [5.74, 6) is 1.45. The minimum absolute atomic E-state index is 0.501. The minimum atomic E-state index is 0.501. The van der Waals surface area contributed by atoms with E-state index >= 15 is 0 Å². The van der Waals surface area contributed by atoms with Crippen LogP contribution in [0.25, 0.3) is 0 Å². The van der Waals surface area contributed by atoms with Gasteiger partial charge in [0.15, 0.2) is 11.5 Å². The van der Waals surface area contributed by atoms with Gasteiger partial charge in [0.05, 0.1) is 13.3 Å². The lowest BCUT2D eigenvalue weighted by Crippen LogP contribution is -2.43. The summed E-state index contributed by atoms with van der Waals surface area (Å²) in [7, 11) is 1.66. The predicted octanol–water partition coefficient (Wildman–Crippen LogP) is 4.43. The number of hydrogen-bond donors (Lipinski definition) is 0. The van der Waals surface area contributed by atoms with Crippen molar-refractivity contribution in [1.29, 1.82) is 0 Å². The van der Waals surface area contributed by atoms with Crippen LogP contribution >= 0.6 is 0 Å². The van der Waals surface area contributed by atoms with Crippen LogP contribution in [0.3, 0.4) is 0 Å². The van der Waals surface area contributed by atoms with Crippen molar-refractivity contribution < 1.29 is 9.47 Å². The number of ether oxygens (including phenoxy) is 2. The van der Waals surface area contributed by atoms with E-state index in [0.29, 0.717) is 6.61 Å². The maximum atomic E-state index is 6.01. The summed E-state index contributed by atoms with van der Waals surface area (Å²) in [6, 6.07) is 26.7. The number of methoxy groups -OCH3 is 1. The second-order valence-corrected chi connectivity index (χ2v) is 7.64. The lowest BCUT2D eigenvalue weighted by Gasteiger charge is -2.33. The zero-order valence-corrected chi connectivity index (χ0v) is 18.0. The van der Waals surface area contributed by atoms with E-state index in [-0.39, 0.29) is 0 Å². The van der Waals surface area contributed by atoms with Gasteiger partial charge in [-0.15, -0.1) is 0 Å². The highest BCUT2D eigenvalue weighted by Gasteiger charge is 2.15. The van der Waals surface area contributed by atoms with Crippen molar-refractivity contribution in [2.24, 2.45) is 5.10 Å². The Morgan fingerprint density at radius 1 is 0.806 bits per heavy atom. The molecule has 0 atom stereocenters. The SMILES string of the molecule is COc1ccc(/C=N\N2CCN(Cc3ccccc3)CC2)cc1OCc1ccccc1. The second kappa shape index (κ2) is 10.6. The monoisotopic (exact) mass is 415 g/mol. The van der Waals surface area contributed by atoms with Gasteiger partial charge in [0, 0.05) is 32.7 Å². The third-order valence-corrected chi connectivity index (χ3v) is 5.39. The molecule has 0 unspecified atom stereocenters. The summed E-state index contributed by atoms with van der Waals surface area (Å²) in [6.45, 7) is 5.38. The first kappa shape index (κ1) is 20.9. The van der Waals surface area contributed by atoms with E-state index in [1.807, 2.05) is 42.6 Å². The predicted molar refractivity (Wildman–Crippen MR) is 125 cm³/mol. The lowest BCUT2D eigenvalue weighted by atomic mass is 10.2. The number of nitrogens with zero attached hydrogens (tertiary/aromatic N) is 3. The first-order valence-electron chi connectivity index (χ1n) is 10.7. The van der Waals surface area contributed by atoms with E-state index in [2.05, 4.69) is 52.4 Å². The highest BCUT2D eigenvalue weighted by molar-refractivity contribution is 5.80. The Morgan fingerprint density at radius 3 is 2.16 bits per heavy atom. The molecule has 31 heavy (non-hydrogen) atoms. The van der Waals surface area contributed by atoms with Crippen molar-refractivity contribution in [2.45, 2.75) is 13.2 Å². The van der Waals surface area contributed by atoms with Crippen molar-refractivity contribution >= 4 is 6.21 Å². The van der Waals surface area contributed by atoms with Gasteiger partial charge in [0.2, 0.25) is 0 Å². The van der Waals surface area contributed by atoms with Gasteiger partial charge in [0.25, 0.3) is 0 Å². The number of hydrazone groups is 1. The standard InChI is InChI=1S/C26H29N3O2/c1-30-25-13-12-24(18-26(25)31-21-23-10-6-3-7-11-23)19-27-29-16-14-28(15-17-29)20-22-8-4-2-5-9-22/h2-13,18-19H,14-17,20-21H2,1H3/b27-19-. The van der Waals surface area contributed by atoms with Crippen LogP contribution in [-0.4, -0.2) is 49.4 Å². The zero-order chi connectivity index (χ0) is 21.3. The van der Waals surface area contributed by atoms with Gasteiger partial charge in [0.1, 0.15) is 6.61 Å². The average Bonchev–Trinajstić information content (AvgIpc) is 2.83. The van der Waals surface area contributed by atoms with Gasteiger partial charge in [-0.05, 0) is 34.9 Å². The smallest absolute Gasteiger partial charge is 0.162 e. The Bertz CT molecular complexity index is 968. The fraction of sp³-hybridized carbons (Fsp3) is 0.269. The Morgan fingerprint density at radius 2 is 1.48 bits per heavy atom. The summed E-state index contributed by atoms with van der Waals surface area (Å²) in [5.41, 5.74) is 3.48. The fourth-order valence-corrected chi connectivity index (χ4v) is 3.62. The molecule has 160 valence electrons. The summed E-state index contributed by atoms with van der Waals surface area (Å²) in [4.78, 5) is 2.48. The summed E-state index contributed by atoms with van der Waals surface area (Å²) >= 11 is 0. The normalized spacial score (nSPS) is 14.7. The quantitative estimate of drug-likeness (QED) is 0.510. The number of benzene rings is 3. The summed E-state index contributed by atoms with van der Waals surface area (Å²) in [6.07, 6.45) is 1.90. The highest BCUT2D eigenvalue weighted by Crippen LogP contribution is 2.28. The molecular weight excluding hydrogens is 386 g/mol. The first-order chi connectivity index (χ1) is 15.3. The van der Waals surface area contributed by atoms with Crippen molar-refractivity contribution in [3.05, 3.63) is 95.6 Å². The fourth-order valence-electron chi connectivity index (χ4n) is 3.62. The van der Waals surface area contributed by atoms with Gasteiger partial charge in [-0.25, -0.2) is 0 Å². The van der Waals surface area contributed by atoms with Gasteiger partial charge < -0.3 is 9.47 Å². The topological polar surface area (TPSA) is 37.3 Å². The summed E-state index contributed by atoms with van der Waals surface area (Å²) in [5, 5.41) is 6.83. The number of hydrogen-bond acceptors (Lipinski definition) is 5. The molecular formula is C26H29N3O2. The number of piperazine rings is 1. The Hall–Kier alpha value is -3.31. The Labute approximate surface area is 184 Å². The largest absolute Gasteiger partial charge is 0.493 e. The Balaban J connectivity index is 1.32. The highest BCUT2D eigenvalue weighted by atomic mass is 16.5. The molecule has 0 aliphatic carbocycles. The molecule has 0 aromatic heterocycles. The van der Waals surface area contributed by atoms with E-state index in [1.54, 1.807) is 7.11 Å². The molecule has 3 aromatic carbocycles. The van der Waals surface area contributed by atoms with Crippen molar-refractivity contribution in [3.8, 4) is 11.5 Å². The Kier molecular flexibility index (Phi) is 7.19. The molecule has 3 aromatic rings. The third-order valence-electron chi connectivity index (χ3n) is 5.39. The van der Waals surface area contributed by atoms with Gasteiger partial charge >= 0.3 is 0 Å². The molecule has 1 saturated heterocycles. The molecule has 5 nitrogen and oxygen atoms in total. The zero-order valence-electron chi connectivity index (χ0n) is 18.0. The van der Waals surface area contributed by atoms with Crippen molar-refractivity contribution in [1.82, 2.24) is 9.91 Å². The molecule has 0 amide bonds. The molecule has 1 fully saturated rings. The van der Waals surface area contributed by atoms with Crippen LogP contribution in [-0.2, 0) is 13.2 Å². The van der Waals surface area contributed by atoms with Gasteiger partial charge in [-0.3, -0.25) is 9.91 Å². The van der Waals surface area contributed by atoms with Crippen LogP contribution in [0.15, 0.2) is 84.0 Å². The maximum Gasteiger partial charge on any atom is 0.162 e. The van der Waals surface area contributed by atoms with Gasteiger partial charge in [-0.2, -0.15) is 5.10 Å². The van der Waals surface area contributed by atoms with Gasteiger partial charge in [-0.1, -0.05) is 60.7 Å². The molecule has 5 heteroatoms. The first-order valence-corrected chi connectivity index (χ1v) is 10.7. The van der Waals surface area contributed by atoms with Crippen molar-refractivity contribution in [2.75, 3.05) is 33.3 Å². The molecule has 1 aliphatic heterocycles. The van der Waals surface area contributed by atoms with Crippen LogP contribution in [0.2, 0.25) is 0 Å². The lowest BCUT2D eigenvalue weighted by molar-refractivity contribution is 0.131. The molecule has 4 rings (SSSR count). The van der Waals surface area contributed by atoms with E-state index in [4.69, 9.17) is 14.6 Å². The summed E-state index contributed by atoms with van der Waals surface area (Å²) < 4.78 is 11.5. The van der Waals surface area contributed by atoms with Crippen LogP contribution in [0, 0.1) is 0 Å². The second-order valence-electron chi connectivity index (χ2n) is 7.64.